The van der Waals surface area contributed by atoms with E-state index in [1.807, 2.05) is 26.0 Å². The van der Waals surface area contributed by atoms with E-state index in [0.717, 1.165) is 12.2 Å². The van der Waals surface area contributed by atoms with Gasteiger partial charge in [-0.25, -0.2) is 4.68 Å². The SMILES string of the molecule is CCCn1nnnc1COC(=O)CCOc1ccc(OCC)cc1. The van der Waals surface area contributed by atoms with Crippen molar-refractivity contribution in [3.8, 4) is 11.5 Å². The molecule has 0 saturated carbocycles. The van der Waals surface area contributed by atoms with Gasteiger partial charge in [-0.2, -0.15) is 0 Å². The molecule has 0 unspecified atom stereocenters. The lowest BCUT2D eigenvalue weighted by Crippen LogP contribution is -2.13. The van der Waals surface area contributed by atoms with E-state index in [-0.39, 0.29) is 25.6 Å². The molecule has 0 aliphatic carbocycles. The van der Waals surface area contributed by atoms with E-state index in [4.69, 9.17) is 14.2 Å². The molecule has 24 heavy (non-hydrogen) atoms. The second kappa shape index (κ2) is 9.49. The Labute approximate surface area is 140 Å². The Morgan fingerprint density at radius 3 is 2.50 bits per heavy atom. The predicted octanol–water partition coefficient (Wildman–Crippen LogP) is 1.99. The number of benzene rings is 1. The minimum atomic E-state index is -0.355. The summed E-state index contributed by atoms with van der Waals surface area (Å²) < 4.78 is 17.6. The highest BCUT2D eigenvalue weighted by atomic mass is 16.5. The molecular weight excluding hydrogens is 312 g/mol. The second-order valence-corrected chi connectivity index (χ2v) is 4.98. The van der Waals surface area contributed by atoms with Crippen LogP contribution in [0.1, 0.15) is 32.5 Å². The van der Waals surface area contributed by atoms with Crippen LogP contribution in [0.4, 0.5) is 0 Å². The molecule has 0 radical (unpaired) electrons. The summed E-state index contributed by atoms with van der Waals surface area (Å²) >= 11 is 0. The molecular formula is C16H22N4O4. The van der Waals surface area contributed by atoms with Crippen molar-refractivity contribution < 1.29 is 19.0 Å². The van der Waals surface area contributed by atoms with Gasteiger partial charge in [0.05, 0.1) is 19.6 Å². The molecule has 0 fully saturated rings. The average Bonchev–Trinajstić information content (AvgIpc) is 3.02. The maximum absolute atomic E-state index is 11.7. The third kappa shape index (κ3) is 5.53. The molecule has 130 valence electrons. The van der Waals surface area contributed by atoms with Crippen molar-refractivity contribution in [1.82, 2.24) is 20.2 Å². The number of aryl methyl sites for hydroxylation is 1. The lowest BCUT2D eigenvalue weighted by molar-refractivity contribution is -0.145. The van der Waals surface area contributed by atoms with Crippen LogP contribution >= 0.6 is 0 Å². The van der Waals surface area contributed by atoms with Crippen molar-refractivity contribution in [1.29, 1.82) is 0 Å². The molecule has 8 heteroatoms. The second-order valence-electron chi connectivity index (χ2n) is 4.98. The van der Waals surface area contributed by atoms with E-state index < -0.39 is 0 Å². The summed E-state index contributed by atoms with van der Waals surface area (Å²) in [4.78, 5) is 11.7. The van der Waals surface area contributed by atoms with E-state index in [0.29, 0.717) is 24.7 Å². The van der Waals surface area contributed by atoms with Gasteiger partial charge < -0.3 is 14.2 Å². The molecule has 2 rings (SSSR count). The fourth-order valence-electron chi connectivity index (χ4n) is 1.98. The fraction of sp³-hybridized carbons (Fsp3) is 0.500. The van der Waals surface area contributed by atoms with Crippen molar-refractivity contribution >= 4 is 5.97 Å². The zero-order chi connectivity index (χ0) is 17.2. The Hall–Kier alpha value is -2.64. The minimum absolute atomic E-state index is 0.0644. The van der Waals surface area contributed by atoms with Gasteiger partial charge in [-0.05, 0) is 48.0 Å². The van der Waals surface area contributed by atoms with Crippen molar-refractivity contribution in [3.63, 3.8) is 0 Å². The van der Waals surface area contributed by atoms with Gasteiger partial charge >= 0.3 is 5.97 Å². The molecule has 0 bridgehead atoms. The first-order chi connectivity index (χ1) is 11.7. The van der Waals surface area contributed by atoms with Crippen LogP contribution in [-0.2, 0) is 22.7 Å². The normalized spacial score (nSPS) is 10.4. The molecule has 8 nitrogen and oxygen atoms in total. The van der Waals surface area contributed by atoms with Gasteiger partial charge in [0.15, 0.2) is 12.4 Å². The number of esters is 1. The van der Waals surface area contributed by atoms with Crippen LogP contribution in [0.15, 0.2) is 24.3 Å². The first-order valence-corrected chi connectivity index (χ1v) is 7.99. The monoisotopic (exact) mass is 334 g/mol. The number of hydrogen-bond acceptors (Lipinski definition) is 7. The summed E-state index contributed by atoms with van der Waals surface area (Å²) in [5.74, 6) is 1.65. The molecule has 2 aromatic rings. The molecule has 0 aliphatic heterocycles. The van der Waals surface area contributed by atoms with Crippen LogP contribution < -0.4 is 9.47 Å². The highest BCUT2D eigenvalue weighted by Gasteiger charge is 2.09. The summed E-state index contributed by atoms with van der Waals surface area (Å²) in [5, 5.41) is 11.3. The molecule has 0 saturated heterocycles. The predicted molar refractivity (Wildman–Crippen MR) is 85.6 cm³/mol. The third-order valence-electron chi connectivity index (χ3n) is 3.11. The van der Waals surface area contributed by atoms with Crippen molar-refractivity contribution in [2.24, 2.45) is 0 Å². The first kappa shape index (κ1) is 17.7. The number of carbonyl (C=O) groups is 1. The Bertz CT molecular complexity index is 627. The fourth-order valence-corrected chi connectivity index (χ4v) is 1.98. The number of nitrogens with zero attached hydrogens (tertiary/aromatic N) is 4. The standard InChI is InChI=1S/C16H22N4O4/c1-3-10-20-15(17-18-19-20)12-24-16(21)9-11-23-14-7-5-13(6-8-14)22-4-2/h5-8H,3-4,9-12H2,1-2H3. The van der Waals surface area contributed by atoms with Crippen molar-refractivity contribution in [2.45, 2.75) is 39.8 Å². The summed E-state index contributed by atoms with van der Waals surface area (Å²) in [6.45, 7) is 5.57. The van der Waals surface area contributed by atoms with Gasteiger partial charge in [-0.1, -0.05) is 6.92 Å². The van der Waals surface area contributed by atoms with Gasteiger partial charge in [0.1, 0.15) is 11.5 Å². The van der Waals surface area contributed by atoms with Gasteiger partial charge in [-0.15, -0.1) is 5.10 Å². The number of tetrazole rings is 1. The first-order valence-electron chi connectivity index (χ1n) is 7.99. The molecule has 0 aliphatic rings. The van der Waals surface area contributed by atoms with E-state index >= 15 is 0 Å². The number of carbonyl (C=O) groups excluding carboxylic acids is 1. The van der Waals surface area contributed by atoms with Gasteiger partial charge in [0.2, 0.25) is 0 Å². The van der Waals surface area contributed by atoms with E-state index in [1.54, 1.807) is 16.8 Å². The lowest BCUT2D eigenvalue weighted by atomic mass is 10.3. The zero-order valence-corrected chi connectivity index (χ0v) is 14.0. The summed E-state index contributed by atoms with van der Waals surface area (Å²) in [6.07, 6.45) is 1.06. The third-order valence-corrected chi connectivity index (χ3v) is 3.11. The maximum atomic E-state index is 11.7. The van der Waals surface area contributed by atoms with Crippen LogP contribution in [0.3, 0.4) is 0 Å². The topological polar surface area (TPSA) is 88.4 Å². The summed E-state index contributed by atoms with van der Waals surface area (Å²) in [5.41, 5.74) is 0. The largest absolute Gasteiger partial charge is 0.494 e. The average molecular weight is 334 g/mol. The molecule has 0 spiro atoms. The smallest absolute Gasteiger partial charge is 0.309 e. The van der Waals surface area contributed by atoms with Crippen LogP contribution in [0, 0.1) is 0 Å². The van der Waals surface area contributed by atoms with Crippen LogP contribution in [-0.4, -0.2) is 39.4 Å². The number of aromatic nitrogens is 4. The maximum Gasteiger partial charge on any atom is 0.309 e. The zero-order valence-electron chi connectivity index (χ0n) is 14.0. The lowest BCUT2D eigenvalue weighted by Gasteiger charge is -2.08. The van der Waals surface area contributed by atoms with Gasteiger partial charge in [0.25, 0.3) is 0 Å². The van der Waals surface area contributed by atoms with Crippen LogP contribution in [0.5, 0.6) is 11.5 Å². The highest BCUT2D eigenvalue weighted by Crippen LogP contribution is 2.17. The van der Waals surface area contributed by atoms with E-state index in [1.165, 1.54) is 0 Å². The van der Waals surface area contributed by atoms with Crippen LogP contribution in [0.2, 0.25) is 0 Å². The molecule has 0 atom stereocenters. The minimum Gasteiger partial charge on any atom is -0.494 e. The molecule has 1 aromatic carbocycles. The molecule has 0 amide bonds. The molecule has 0 N–H and O–H groups in total. The Morgan fingerprint density at radius 2 is 1.83 bits per heavy atom. The van der Waals surface area contributed by atoms with Crippen molar-refractivity contribution in [2.75, 3.05) is 13.2 Å². The molecule has 1 aromatic heterocycles. The van der Waals surface area contributed by atoms with Crippen molar-refractivity contribution in [3.05, 3.63) is 30.1 Å². The Kier molecular flexibility index (Phi) is 7.00. The highest BCUT2D eigenvalue weighted by molar-refractivity contribution is 5.69. The Balaban J connectivity index is 1.68. The number of hydrogen-bond donors (Lipinski definition) is 0. The van der Waals surface area contributed by atoms with Gasteiger partial charge in [0, 0.05) is 6.54 Å². The van der Waals surface area contributed by atoms with Crippen LogP contribution in [0.25, 0.3) is 0 Å². The van der Waals surface area contributed by atoms with Gasteiger partial charge in [-0.3, -0.25) is 4.79 Å². The number of rotatable bonds is 10. The van der Waals surface area contributed by atoms with E-state index in [9.17, 15) is 4.79 Å². The quantitative estimate of drug-likeness (QED) is 0.614. The van der Waals surface area contributed by atoms with E-state index in [2.05, 4.69) is 15.5 Å². The summed E-state index contributed by atoms with van der Waals surface area (Å²) in [6, 6.07) is 7.25. The molecule has 1 heterocycles. The summed E-state index contributed by atoms with van der Waals surface area (Å²) in [7, 11) is 0. The Morgan fingerprint density at radius 1 is 1.12 bits per heavy atom. The number of ether oxygens (including phenoxy) is 3.